The van der Waals surface area contributed by atoms with E-state index >= 15 is 0 Å². The highest BCUT2D eigenvalue weighted by Gasteiger charge is 2.26. The number of amides is 1. The topological polar surface area (TPSA) is 62.1 Å². The number of nitrogens with zero attached hydrogens (tertiary/aromatic N) is 2. The number of nitrogens with one attached hydrogen (secondary N) is 1. The van der Waals surface area contributed by atoms with Gasteiger partial charge in [-0.3, -0.25) is 9.89 Å². The highest BCUT2D eigenvalue weighted by molar-refractivity contribution is 5.93. The van der Waals surface area contributed by atoms with Gasteiger partial charge in [-0.2, -0.15) is 5.10 Å². The average molecular weight is 245 g/mol. The van der Waals surface area contributed by atoms with Crippen molar-refractivity contribution in [1.82, 2.24) is 15.1 Å². The number of hydrogen-bond acceptors (Lipinski definition) is 3. The lowest BCUT2D eigenvalue weighted by atomic mass is 9.94. The van der Waals surface area contributed by atoms with Gasteiger partial charge in [0, 0.05) is 30.9 Å². The normalized spacial score (nSPS) is 20.0. The van der Waals surface area contributed by atoms with Crippen molar-refractivity contribution < 1.29 is 9.21 Å². The molecule has 1 atom stereocenters. The summed E-state index contributed by atoms with van der Waals surface area (Å²) in [5, 5.41) is 6.97. The van der Waals surface area contributed by atoms with E-state index in [1.807, 2.05) is 11.0 Å². The lowest BCUT2D eigenvalue weighted by Gasteiger charge is -2.31. The van der Waals surface area contributed by atoms with Gasteiger partial charge in [-0.1, -0.05) is 0 Å². The van der Waals surface area contributed by atoms with Crippen molar-refractivity contribution in [3.8, 4) is 0 Å². The largest absolute Gasteiger partial charge is 0.472 e. The third kappa shape index (κ3) is 2.03. The molecule has 5 nitrogen and oxygen atoms in total. The first-order valence-corrected chi connectivity index (χ1v) is 6.15. The molecule has 1 fully saturated rings. The molecule has 1 amide bonds. The van der Waals surface area contributed by atoms with Crippen LogP contribution in [0.1, 0.15) is 34.8 Å². The predicted octanol–water partition coefficient (Wildman–Crippen LogP) is 2.02. The number of hydrogen-bond donors (Lipinski definition) is 1. The lowest BCUT2D eigenvalue weighted by Crippen LogP contribution is -2.39. The average Bonchev–Trinajstić information content (AvgIpc) is 3.11. The molecule has 1 saturated heterocycles. The first kappa shape index (κ1) is 11.1. The molecule has 18 heavy (non-hydrogen) atoms. The molecule has 2 aromatic heterocycles. The molecule has 2 aromatic rings. The lowest BCUT2D eigenvalue weighted by molar-refractivity contribution is 0.0705. The van der Waals surface area contributed by atoms with Gasteiger partial charge in [-0.05, 0) is 25.0 Å². The van der Waals surface area contributed by atoms with Crippen molar-refractivity contribution in [3.05, 3.63) is 42.1 Å². The zero-order valence-corrected chi connectivity index (χ0v) is 10.0. The van der Waals surface area contributed by atoms with Crippen LogP contribution in [0.3, 0.4) is 0 Å². The van der Waals surface area contributed by atoms with Crippen molar-refractivity contribution in [3.63, 3.8) is 0 Å². The fourth-order valence-corrected chi connectivity index (χ4v) is 2.48. The Bertz CT molecular complexity index is 504. The third-order valence-electron chi connectivity index (χ3n) is 3.44. The van der Waals surface area contributed by atoms with E-state index in [9.17, 15) is 4.79 Å². The Kier molecular flexibility index (Phi) is 2.88. The van der Waals surface area contributed by atoms with Crippen LogP contribution in [0.4, 0.5) is 0 Å². The monoisotopic (exact) mass is 245 g/mol. The van der Waals surface area contributed by atoms with Gasteiger partial charge in [0.15, 0.2) is 0 Å². The second-order valence-electron chi connectivity index (χ2n) is 4.61. The molecule has 1 aliphatic heterocycles. The van der Waals surface area contributed by atoms with E-state index in [2.05, 4.69) is 10.2 Å². The maximum Gasteiger partial charge on any atom is 0.257 e. The van der Waals surface area contributed by atoms with E-state index < -0.39 is 0 Å². The fourth-order valence-electron chi connectivity index (χ4n) is 2.48. The number of piperidine rings is 1. The Labute approximate surface area is 105 Å². The Morgan fingerprint density at radius 2 is 2.44 bits per heavy atom. The molecule has 0 spiro atoms. The van der Waals surface area contributed by atoms with Crippen LogP contribution >= 0.6 is 0 Å². The minimum Gasteiger partial charge on any atom is -0.472 e. The molecule has 0 aromatic carbocycles. The van der Waals surface area contributed by atoms with E-state index in [4.69, 9.17) is 4.42 Å². The molecular weight excluding hydrogens is 230 g/mol. The van der Waals surface area contributed by atoms with E-state index in [1.54, 1.807) is 12.3 Å². The summed E-state index contributed by atoms with van der Waals surface area (Å²) >= 11 is 0. The number of aromatic nitrogens is 2. The van der Waals surface area contributed by atoms with Crippen molar-refractivity contribution in [2.45, 2.75) is 18.8 Å². The molecule has 5 heteroatoms. The molecule has 1 N–H and O–H groups in total. The van der Waals surface area contributed by atoms with E-state index in [-0.39, 0.29) is 5.91 Å². The number of H-pyrrole nitrogens is 1. The number of likely N-dealkylation sites (tertiary alicyclic amines) is 1. The molecule has 0 saturated carbocycles. The van der Waals surface area contributed by atoms with Crippen LogP contribution in [0.5, 0.6) is 0 Å². The smallest absolute Gasteiger partial charge is 0.257 e. The van der Waals surface area contributed by atoms with Crippen molar-refractivity contribution in [2.24, 2.45) is 0 Å². The Hall–Kier alpha value is -2.04. The van der Waals surface area contributed by atoms with E-state index in [1.165, 1.54) is 12.5 Å². The summed E-state index contributed by atoms with van der Waals surface area (Å²) in [6.45, 7) is 1.56. The fraction of sp³-hybridized carbons (Fsp3) is 0.385. The van der Waals surface area contributed by atoms with Crippen LogP contribution in [-0.2, 0) is 0 Å². The number of carbonyl (C=O) groups excluding carboxylic acids is 1. The maximum atomic E-state index is 12.2. The molecule has 3 rings (SSSR count). The summed E-state index contributed by atoms with van der Waals surface area (Å²) < 4.78 is 4.96. The van der Waals surface area contributed by atoms with Gasteiger partial charge in [0.1, 0.15) is 6.26 Å². The second kappa shape index (κ2) is 4.68. The summed E-state index contributed by atoms with van der Waals surface area (Å²) in [6, 6.07) is 3.69. The SMILES string of the molecule is O=C(c1ccoc1)N1CCCC(c2ccn[nH]2)C1. The summed E-state index contributed by atoms with van der Waals surface area (Å²) in [6.07, 6.45) is 6.91. The van der Waals surface area contributed by atoms with Crippen molar-refractivity contribution in [1.29, 1.82) is 0 Å². The van der Waals surface area contributed by atoms with Gasteiger partial charge in [-0.15, -0.1) is 0 Å². The van der Waals surface area contributed by atoms with E-state index in [0.717, 1.165) is 31.6 Å². The van der Waals surface area contributed by atoms with Gasteiger partial charge < -0.3 is 9.32 Å². The predicted molar refractivity (Wildman–Crippen MR) is 65.2 cm³/mol. The van der Waals surface area contributed by atoms with Crippen LogP contribution in [-0.4, -0.2) is 34.1 Å². The third-order valence-corrected chi connectivity index (χ3v) is 3.44. The van der Waals surface area contributed by atoms with Gasteiger partial charge in [0.05, 0.1) is 11.8 Å². The zero-order chi connectivity index (χ0) is 12.4. The molecule has 1 unspecified atom stereocenters. The first-order chi connectivity index (χ1) is 8.84. The van der Waals surface area contributed by atoms with Gasteiger partial charge >= 0.3 is 0 Å². The summed E-state index contributed by atoms with van der Waals surface area (Å²) in [4.78, 5) is 14.1. The van der Waals surface area contributed by atoms with Gasteiger partial charge in [0.2, 0.25) is 0 Å². The van der Waals surface area contributed by atoms with Crippen LogP contribution in [0, 0.1) is 0 Å². The molecule has 94 valence electrons. The molecule has 3 heterocycles. The zero-order valence-electron chi connectivity index (χ0n) is 10.0. The summed E-state index contributed by atoms with van der Waals surface area (Å²) in [5.74, 6) is 0.407. The van der Waals surface area contributed by atoms with Crippen LogP contribution < -0.4 is 0 Å². The van der Waals surface area contributed by atoms with Gasteiger partial charge in [0.25, 0.3) is 5.91 Å². The number of rotatable bonds is 2. The summed E-state index contributed by atoms with van der Waals surface area (Å²) in [5.41, 5.74) is 1.74. The highest BCUT2D eigenvalue weighted by atomic mass is 16.3. The molecule has 0 aliphatic carbocycles. The van der Waals surface area contributed by atoms with E-state index in [0.29, 0.717) is 11.5 Å². The summed E-state index contributed by atoms with van der Waals surface area (Å²) in [7, 11) is 0. The standard InChI is InChI=1S/C13H15N3O2/c17-13(11-4-7-18-9-11)16-6-1-2-10(8-16)12-3-5-14-15-12/h3-5,7,9-10H,1-2,6,8H2,(H,14,15). The Morgan fingerprint density at radius 1 is 1.50 bits per heavy atom. The van der Waals surface area contributed by atoms with Crippen LogP contribution in [0.25, 0.3) is 0 Å². The Balaban J connectivity index is 1.73. The quantitative estimate of drug-likeness (QED) is 0.880. The maximum absolute atomic E-state index is 12.2. The first-order valence-electron chi connectivity index (χ1n) is 6.15. The number of carbonyl (C=O) groups is 1. The minimum absolute atomic E-state index is 0.0490. The van der Waals surface area contributed by atoms with Gasteiger partial charge in [-0.25, -0.2) is 0 Å². The molecular formula is C13H15N3O2. The Morgan fingerprint density at radius 3 is 3.17 bits per heavy atom. The molecule has 0 radical (unpaired) electrons. The van der Waals surface area contributed by atoms with Crippen LogP contribution in [0.2, 0.25) is 0 Å². The molecule has 1 aliphatic rings. The number of furan rings is 1. The second-order valence-corrected chi connectivity index (χ2v) is 4.61. The van der Waals surface area contributed by atoms with Crippen molar-refractivity contribution >= 4 is 5.91 Å². The van der Waals surface area contributed by atoms with Crippen molar-refractivity contribution in [2.75, 3.05) is 13.1 Å². The molecule has 0 bridgehead atoms. The number of aromatic amines is 1. The minimum atomic E-state index is 0.0490. The highest BCUT2D eigenvalue weighted by Crippen LogP contribution is 2.26. The van der Waals surface area contributed by atoms with Crippen LogP contribution in [0.15, 0.2) is 35.3 Å².